The Kier molecular flexibility index (Phi) is 6.02. The van der Waals surface area contributed by atoms with Crippen molar-refractivity contribution >= 4 is 23.2 Å². The molecule has 0 bridgehead atoms. The second kappa shape index (κ2) is 7.53. The zero-order valence-electron chi connectivity index (χ0n) is 11.7. The molecule has 0 radical (unpaired) electrons. The third-order valence-electron chi connectivity index (χ3n) is 2.72. The van der Waals surface area contributed by atoms with Crippen LogP contribution < -0.4 is 15.5 Å². The van der Waals surface area contributed by atoms with Crippen molar-refractivity contribution in [3.8, 4) is 0 Å². The highest BCUT2D eigenvalue weighted by atomic mass is 16.2. The van der Waals surface area contributed by atoms with Crippen molar-refractivity contribution in [2.24, 2.45) is 0 Å². The van der Waals surface area contributed by atoms with Crippen LogP contribution in [0.2, 0.25) is 0 Å². The predicted molar refractivity (Wildman–Crippen MR) is 77.3 cm³/mol. The Bertz CT molecular complexity index is 429. The van der Waals surface area contributed by atoms with Crippen LogP contribution in [-0.4, -0.2) is 32.0 Å². The fraction of sp³-hybridized carbons (Fsp3) is 0.429. The van der Waals surface area contributed by atoms with Crippen LogP contribution in [-0.2, 0) is 9.59 Å². The molecular weight excluding hydrogens is 242 g/mol. The summed E-state index contributed by atoms with van der Waals surface area (Å²) in [6, 6.07) is 7.17. The quantitative estimate of drug-likeness (QED) is 0.766. The molecule has 0 heterocycles. The number of anilines is 2. The van der Waals surface area contributed by atoms with Gasteiger partial charge in [0.05, 0.1) is 6.54 Å². The van der Waals surface area contributed by atoms with E-state index in [2.05, 4.69) is 17.6 Å². The Morgan fingerprint density at radius 3 is 2.37 bits per heavy atom. The molecule has 104 valence electrons. The fourth-order valence-corrected chi connectivity index (χ4v) is 1.53. The van der Waals surface area contributed by atoms with E-state index in [1.807, 2.05) is 0 Å². The van der Waals surface area contributed by atoms with Gasteiger partial charge in [0.1, 0.15) is 0 Å². The number of benzene rings is 1. The van der Waals surface area contributed by atoms with Crippen LogP contribution in [0.4, 0.5) is 11.4 Å². The van der Waals surface area contributed by atoms with Crippen molar-refractivity contribution in [2.75, 3.05) is 30.4 Å². The summed E-state index contributed by atoms with van der Waals surface area (Å²) in [6.07, 6.45) is 0.999. The van der Waals surface area contributed by atoms with E-state index < -0.39 is 0 Å². The molecule has 0 aliphatic rings. The van der Waals surface area contributed by atoms with Crippen molar-refractivity contribution in [3.63, 3.8) is 0 Å². The van der Waals surface area contributed by atoms with E-state index in [0.717, 1.165) is 24.3 Å². The lowest BCUT2D eigenvalue weighted by Gasteiger charge is -2.15. The summed E-state index contributed by atoms with van der Waals surface area (Å²) in [4.78, 5) is 24.3. The molecule has 0 aliphatic carbocycles. The van der Waals surface area contributed by atoms with Crippen LogP contribution >= 0.6 is 0 Å². The minimum Gasteiger partial charge on any atom is -0.325 e. The van der Waals surface area contributed by atoms with Crippen molar-refractivity contribution < 1.29 is 9.59 Å². The van der Waals surface area contributed by atoms with E-state index >= 15 is 0 Å². The number of hydrogen-bond acceptors (Lipinski definition) is 3. The molecule has 1 aromatic carbocycles. The van der Waals surface area contributed by atoms with E-state index in [1.165, 1.54) is 6.92 Å². The van der Waals surface area contributed by atoms with Gasteiger partial charge in [-0.25, -0.2) is 0 Å². The van der Waals surface area contributed by atoms with E-state index in [1.54, 1.807) is 36.2 Å². The molecule has 1 aromatic rings. The van der Waals surface area contributed by atoms with Crippen LogP contribution in [0.5, 0.6) is 0 Å². The SMILES string of the molecule is CCCNCC(=O)Nc1ccc(N(C)C(C)=O)cc1. The van der Waals surface area contributed by atoms with Crippen LogP contribution in [0.1, 0.15) is 20.3 Å². The van der Waals surface area contributed by atoms with E-state index in [-0.39, 0.29) is 11.8 Å². The van der Waals surface area contributed by atoms with Gasteiger partial charge in [-0.05, 0) is 37.2 Å². The maximum atomic E-state index is 11.6. The molecule has 0 atom stereocenters. The molecule has 5 heteroatoms. The zero-order chi connectivity index (χ0) is 14.3. The number of hydrogen-bond donors (Lipinski definition) is 2. The summed E-state index contributed by atoms with van der Waals surface area (Å²) in [5.41, 5.74) is 1.53. The van der Waals surface area contributed by atoms with Crippen LogP contribution in [0.15, 0.2) is 24.3 Å². The second-order valence-electron chi connectivity index (χ2n) is 4.35. The maximum Gasteiger partial charge on any atom is 0.238 e. The average molecular weight is 263 g/mol. The Morgan fingerprint density at radius 2 is 1.84 bits per heavy atom. The minimum absolute atomic E-state index is 0.0273. The molecule has 5 nitrogen and oxygen atoms in total. The van der Waals surface area contributed by atoms with Gasteiger partial charge >= 0.3 is 0 Å². The molecule has 0 saturated heterocycles. The largest absolute Gasteiger partial charge is 0.325 e. The van der Waals surface area contributed by atoms with Crippen LogP contribution in [0, 0.1) is 0 Å². The lowest BCUT2D eigenvalue weighted by molar-refractivity contribution is -0.116. The molecule has 0 aromatic heterocycles. The topological polar surface area (TPSA) is 61.4 Å². The minimum atomic E-state index is -0.0684. The first-order valence-corrected chi connectivity index (χ1v) is 6.39. The van der Waals surface area contributed by atoms with Gasteiger partial charge in [0.25, 0.3) is 0 Å². The number of carbonyl (C=O) groups excluding carboxylic acids is 2. The first-order valence-electron chi connectivity index (χ1n) is 6.39. The molecule has 2 amide bonds. The van der Waals surface area contributed by atoms with Gasteiger partial charge in [-0.3, -0.25) is 9.59 Å². The smallest absolute Gasteiger partial charge is 0.238 e. The highest BCUT2D eigenvalue weighted by Crippen LogP contribution is 2.16. The molecule has 0 aliphatic heterocycles. The fourth-order valence-electron chi connectivity index (χ4n) is 1.53. The number of nitrogens with one attached hydrogen (secondary N) is 2. The number of amides is 2. The second-order valence-corrected chi connectivity index (χ2v) is 4.35. The van der Waals surface area contributed by atoms with Crippen molar-refractivity contribution in [1.29, 1.82) is 0 Å². The summed E-state index contributed by atoms with van der Waals surface area (Å²) in [5, 5.41) is 5.83. The highest BCUT2D eigenvalue weighted by molar-refractivity contribution is 5.93. The summed E-state index contributed by atoms with van der Waals surface area (Å²) < 4.78 is 0. The third kappa shape index (κ3) is 5.09. The Balaban J connectivity index is 2.52. The van der Waals surface area contributed by atoms with Gasteiger partial charge in [-0.15, -0.1) is 0 Å². The van der Waals surface area contributed by atoms with Crippen LogP contribution in [0.25, 0.3) is 0 Å². The van der Waals surface area contributed by atoms with Gasteiger partial charge in [0, 0.05) is 25.3 Å². The number of rotatable bonds is 6. The van der Waals surface area contributed by atoms with Crippen molar-refractivity contribution in [3.05, 3.63) is 24.3 Å². The van der Waals surface area contributed by atoms with Gasteiger partial charge < -0.3 is 15.5 Å². The number of carbonyl (C=O) groups is 2. The molecule has 2 N–H and O–H groups in total. The molecular formula is C14H21N3O2. The van der Waals surface area contributed by atoms with E-state index in [4.69, 9.17) is 0 Å². The van der Waals surface area contributed by atoms with Crippen molar-refractivity contribution in [1.82, 2.24) is 5.32 Å². The molecule has 0 spiro atoms. The Labute approximate surface area is 114 Å². The first-order chi connectivity index (χ1) is 9.04. The summed E-state index contributed by atoms with van der Waals surface area (Å²) >= 11 is 0. The maximum absolute atomic E-state index is 11.6. The average Bonchev–Trinajstić information content (AvgIpc) is 2.39. The van der Waals surface area contributed by atoms with Gasteiger partial charge in [0.15, 0.2) is 0 Å². The lowest BCUT2D eigenvalue weighted by atomic mass is 10.2. The van der Waals surface area contributed by atoms with Crippen molar-refractivity contribution in [2.45, 2.75) is 20.3 Å². The predicted octanol–water partition coefficient (Wildman–Crippen LogP) is 1.61. The lowest BCUT2D eigenvalue weighted by Crippen LogP contribution is -2.28. The molecule has 0 fully saturated rings. The van der Waals surface area contributed by atoms with E-state index in [0.29, 0.717) is 6.54 Å². The molecule has 0 saturated carbocycles. The zero-order valence-corrected chi connectivity index (χ0v) is 11.7. The van der Waals surface area contributed by atoms with Gasteiger partial charge in [0.2, 0.25) is 11.8 Å². The normalized spacial score (nSPS) is 10.1. The van der Waals surface area contributed by atoms with E-state index in [9.17, 15) is 9.59 Å². The first kappa shape index (κ1) is 15.2. The monoisotopic (exact) mass is 263 g/mol. The summed E-state index contributed by atoms with van der Waals surface area (Å²) in [5.74, 6) is -0.0957. The third-order valence-corrected chi connectivity index (χ3v) is 2.72. The van der Waals surface area contributed by atoms with Crippen LogP contribution in [0.3, 0.4) is 0 Å². The molecule has 1 rings (SSSR count). The summed E-state index contributed by atoms with van der Waals surface area (Å²) in [6.45, 7) is 4.70. The number of nitrogens with zero attached hydrogens (tertiary/aromatic N) is 1. The Morgan fingerprint density at radius 1 is 1.21 bits per heavy atom. The Hall–Kier alpha value is -1.88. The van der Waals surface area contributed by atoms with Gasteiger partial charge in [-0.2, -0.15) is 0 Å². The molecule has 0 unspecified atom stereocenters. The standard InChI is InChI=1S/C14H21N3O2/c1-4-9-15-10-14(19)16-12-5-7-13(8-6-12)17(3)11(2)18/h5-8,15H,4,9-10H2,1-3H3,(H,16,19). The van der Waals surface area contributed by atoms with Gasteiger partial charge in [-0.1, -0.05) is 6.92 Å². The highest BCUT2D eigenvalue weighted by Gasteiger charge is 2.06. The molecule has 19 heavy (non-hydrogen) atoms. The summed E-state index contributed by atoms with van der Waals surface area (Å²) in [7, 11) is 1.71.